The molecule has 0 saturated carbocycles. The average Bonchev–Trinajstić information content (AvgIpc) is 3.18. The highest BCUT2D eigenvalue weighted by molar-refractivity contribution is 7.89. The topological polar surface area (TPSA) is 71.8 Å². The van der Waals surface area contributed by atoms with E-state index in [1.165, 1.54) is 0 Å². The van der Waals surface area contributed by atoms with Gasteiger partial charge in [-0.15, -0.1) is 0 Å². The summed E-state index contributed by atoms with van der Waals surface area (Å²) in [6.45, 7) is 8.56. The van der Waals surface area contributed by atoms with E-state index < -0.39 is 10.0 Å². The maximum absolute atomic E-state index is 12.6. The number of sulfonamides is 1. The fourth-order valence-electron chi connectivity index (χ4n) is 2.76. The molecule has 26 heavy (non-hydrogen) atoms. The van der Waals surface area contributed by atoms with Crippen LogP contribution >= 0.6 is 0 Å². The summed E-state index contributed by atoms with van der Waals surface area (Å²) in [5.41, 5.74) is 0. The SMILES string of the molecule is CCCOc1ccc(S(=O)(=O)NC[C@@H](c2ccco2)N(CC)CC)cc1. The molecule has 0 aliphatic carbocycles. The molecule has 0 amide bonds. The minimum atomic E-state index is -3.61. The molecule has 2 rings (SSSR count). The van der Waals surface area contributed by atoms with Crippen molar-refractivity contribution in [3.63, 3.8) is 0 Å². The number of hydrogen-bond donors (Lipinski definition) is 1. The number of furan rings is 1. The van der Waals surface area contributed by atoms with Crippen molar-refractivity contribution in [1.29, 1.82) is 0 Å². The number of benzene rings is 1. The molecular weight excluding hydrogens is 352 g/mol. The Kier molecular flexibility index (Phi) is 7.68. The Morgan fingerprint density at radius 1 is 1.12 bits per heavy atom. The van der Waals surface area contributed by atoms with Crippen LogP contribution in [-0.2, 0) is 10.0 Å². The summed E-state index contributed by atoms with van der Waals surface area (Å²) in [6, 6.07) is 10.0. The smallest absolute Gasteiger partial charge is 0.240 e. The molecule has 0 spiro atoms. The molecule has 1 atom stereocenters. The Morgan fingerprint density at radius 2 is 1.81 bits per heavy atom. The Labute approximate surface area is 156 Å². The van der Waals surface area contributed by atoms with Gasteiger partial charge in [0, 0.05) is 6.54 Å². The standard InChI is InChI=1S/C19H28N2O4S/c1-4-13-24-16-9-11-17(12-10-16)26(22,23)20-15-18(21(5-2)6-3)19-8-7-14-25-19/h7-12,14,18,20H,4-6,13,15H2,1-3H3/t18-/m0/s1. The van der Waals surface area contributed by atoms with Crippen molar-refractivity contribution in [2.45, 2.75) is 38.1 Å². The minimum Gasteiger partial charge on any atom is -0.494 e. The van der Waals surface area contributed by atoms with Gasteiger partial charge in [-0.05, 0) is 55.9 Å². The van der Waals surface area contributed by atoms with E-state index in [1.54, 1.807) is 30.5 Å². The van der Waals surface area contributed by atoms with Gasteiger partial charge in [-0.1, -0.05) is 20.8 Å². The molecule has 0 radical (unpaired) electrons. The van der Waals surface area contributed by atoms with E-state index in [4.69, 9.17) is 9.15 Å². The molecule has 0 aliphatic heterocycles. The zero-order valence-corrected chi connectivity index (χ0v) is 16.5. The van der Waals surface area contributed by atoms with Crippen LogP contribution in [0.4, 0.5) is 0 Å². The molecule has 0 fully saturated rings. The van der Waals surface area contributed by atoms with Crippen molar-refractivity contribution < 1.29 is 17.6 Å². The Bertz CT molecular complexity index is 738. The van der Waals surface area contributed by atoms with Crippen LogP contribution in [0.1, 0.15) is 39.0 Å². The number of nitrogens with one attached hydrogen (secondary N) is 1. The number of ether oxygens (including phenoxy) is 1. The third-order valence-electron chi connectivity index (χ3n) is 4.20. The first-order valence-corrected chi connectivity index (χ1v) is 10.5. The number of hydrogen-bond acceptors (Lipinski definition) is 5. The summed E-state index contributed by atoms with van der Waals surface area (Å²) in [7, 11) is -3.61. The third-order valence-corrected chi connectivity index (χ3v) is 5.64. The highest BCUT2D eigenvalue weighted by Gasteiger charge is 2.23. The van der Waals surface area contributed by atoms with Gasteiger partial charge in [-0.3, -0.25) is 4.90 Å². The molecule has 0 bridgehead atoms. The molecule has 1 aromatic heterocycles. The maximum atomic E-state index is 12.6. The van der Waals surface area contributed by atoms with E-state index in [9.17, 15) is 8.42 Å². The number of rotatable bonds is 11. The molecule has 0 unspecified atom stereocenters. The van der Waals surface area contributed by atoms with Crippen molar-refractivity contribution >= 4 is 10.0 Å². The van der Waals surface area contributed by atoms with Crippen LogP contribution < -0.4 is 9.46 Å². The molecule has 1 N–H and O–H groups in total. The summed E-state index contributed by atoms with van der Waals surface area (Å²) in [5.74, 6) is 1.42. The summed E-state index contributed by atoms with van der Waals surface area (Å²) in [5, 5.41) is 0. The highest BCUT2D eigenvalue weighted by Crippen LogP contribution is 2.22. The van der Waals surface area contributed by atoms with Gasteiger partial charge in [-0.2, -0.15) is 0 Å². The van der Waals surface area contributed by atoms with E-state index in [1.807, 2.05) is 32.9 Å². The van der Waals surface area contributed by atoms with Crippen LogP contribution in [-0.4, -0.2) is 39.6 Å². The zero-order chi connectivity index (χ0) is 19.0. The van der Waals surface area contributed by atoms with Crippen molar-refractivity contribution in [2.75, 3.05) is 26.2 Å². The van der Waals surface area contributed by atoms with E-state index in [0.717, 1.165) is 25.3 Å². The Hall–Kier alpha value is -1.83. The maximum Gasteiger partial charge on any atom is 0.240 e. The van der Waals surface area contributed by atoms with Gasteiger partial charge in [0.15, 0.2) is 0 Å². The Balaban J connectivity index is 2.09. The molecule has 2 aromatic rings. The lowest BCUT2D eigenvalue weighted by Gasteiger charge is -2.28. The summed E-state index contributed by atoms with van der Waals surface area (Å²) in [6.07, 6.45) is 2.51. The van der Waals surface area contributed by atoms with E-state index in [-0.39, 0.29) is 17.5 Å². The first kappa shape index (κ1) is 20.5. The van der Waals surface area contributed by atoms with Gasteiger partial charge >= 0.3 is 0 Å². The second-order valence-electron chi connectivity index (χ2n) is 5.92. The molecule has 6 nitrogen and oxygen atoms in total. The third kappa shape index (κ3) is 5.33. The Morgan fingerprint density at radius 3 is 2.35 bits per heavy atom. The molecule has 1 aromatic carbocycles. The minimum absolute atomic E-state index is 0.151. The van der Waals surface area contributed by atoms with Crippen molar-refractivity contribution in [3.8, 4) is 5.75 Å². The predicted octanol–water partition coefficient (Wildman–Crippen LogP) is 3.43. The molecule has 1 heterocycles. The molecule has 7 heteroatoms. The van der Waals surface area contributed by atoms with Crippen LogP contribution in [0.3, 0.4) is 0 Å². The second kappa shape index (κ2) is 9.75. The van der Waals surface area contributed by atoms with E-state index in [0.29, 0.717) is 12.4 Å². The van der Waals surface area contributed by atoms with Gasteiger partial charge in [0.25, 0.3) is 0 Å². The van der Waals surface area contributed by atoms with Gasteiger partial charge < -0.3 is 9.15 Å². The first-order chi connectivity index (χ1) is 12.5. The molecule has 144 valence electrons. The summed E-state index contributed by atoms with van der Waals surface area (Å²) in [4.78, 5) is 2.38. The molecular formula is C19H28N2O4S. The summed E-state index contributed by atoms with van der Waals surface area (Å²) >= 11 is 0. The largest absolute Gasteiger partial charge is 0.494 e. The molecule has 0 aliphatic rings. The second-order valence-corrected chi connectivity index (χ2v) is 7.69. The van der Waals surface area contributed by atoms with Crippen LogP contribution in [0.5, 0.6) is 5.75 Å². The van der Waals surface area contributed by atoms with Gasteiger partial charge in [-0.25, -0.2) is 13.1 Å². The quantitative estimate of drug-likeness (QED) is 0.647. The van der Waals surface area contributed by atoms with Gasteiger partial charge in [0.2, 0.25) is 10.0 Å². The van der Waals surface area contributed by atoms with E-state index in [2.05, 4.69) is 9.62 Å². The fourth-order valence-corrected chi connectivity index (χ4v) is 3.80. The number of likely N-dealkylation sites (N-methyl/N-ethyl adjacent to an activating group) is 1. The summed E-state index contributed by atoms with van der Waals surface area (Å²) < 4.78 is 39.0. The number of nitrogens with zero attached hydrogens (tertiary/aromatic N) is 1. The highest BCUT2D eigenvalue weighted by atomic mass is 32.2. The predicted molar refractivity (Wildman–Crippen MR) is 102 cm³/mol. The monoisotopic (exact) mass is 380 g/mol. The molecule has 0 saturated heterocycles. The van der Waals surface area contributed by atoms with Crippen molar-refractivity contribution in [3.05, 3.63) is 48.4 Å². The zero-order valence-electron chi connectivity index (χ0n) is 15.6. The van der Waals surface area contributed by atoms with Crippen LogP contribution in [0, 0.1) is 0 Å². The van der Waals surface area contributed by atoms with Gasteiger partial charge in [0.1, 0.15) is 11.5 Å². The van der Waals surface area contributed by atoms with Crippen molar-refractivity contribution in [1.82, 2.24) is 9.62 Å². The van der Waals surface area contributed by atoms with Crippen LogP contribution in [0.2, 0.25) is 0 Å². The van der Waals surface area contributed by atoms with Gasteiger partial charge in [0.05, 0.1) is 23.8 Å². The lowest BCUT2D eigenvalue weighted by molar-refractivity contribution is 0.194. The lowest BCUT2D eigenvalue weighted by atomic mass is 10.2. The van der Waals surface area contributed by atoms with Crippen LogP contribution in [0.25, 0.3) is 0 Å². The first-order valence-electron chi connectivity index (χ1n) is 9.01. The fraction of sp³-hybridized carbons (Fsp3) is 0.474. The normalized spacial score (nSPS) is 13.1. The van der Waals surface area contributed by atoms with Crippen molar-refractivity contribution in [2.24, 2.45) is 0 Å². The lowest BCUT2D eigenvalue weighted by Crippen LogP contribution is -2.37. The average molecular weight is 381 g/mol. The van der Waals surface area contributed by atoms with E-state index >= 15 is 0 Å². The van der Waals surface area contributed by atoms with Crippen LogP contribution in [0.15, 0.2) is 52.0 Å².